The van der Waals surface area contributed by atoms with Gasteiger partial charge in [-0.15, -0.1) is 0 Å². The maximum atomic E-state index is 12.4. The Hall–Kier alpha value is -3.08. The third-order valence-corrected chi connectivity index (χ3v) is 3.89. The highest BCUT2D eigenvalue weighted by molar-refractivity contribution is 6.07. The van der Waals surface area contributed by atoms with E-state index in [9.17, 15) is 4.79 Å². The van der Waals surface area contributed by atoms with Crippen LogP contribution in [-0.2, 0) is 9.47 Å². The maximum Gasteiger partial charge on any atom is 0.280 e. The molecule has 3 rings (SSSR count). The standard InChI is InChI=1S/C20H20N2O3/c1-2-24-18(21)16-13-17(14-9-5-3-6-10-14)25-20(16)22-19(23)15-11-7-4-8-12-15/h3-12,17H,2,13,21H2,1H3/b18-16+,22-20?. The molecule has 0 saturated carbocycles. The van der Waals surface area contributed by atoms with Gasteiger partial charge in [0.1, 0.15) is 6.10 Å². The third-order valence-electron chi connectivity index (χ3n) is 3.89. The van der Waals surface area contributed by atoms with Gasteiger partial charge in [-0.2, -0.15) is 4.99 Å². The number of hydrogen-bond donors (Lipinski definition) is 1. The van der Waals surface area contributed by atoms with Crippen LogP contribution in [0.25, 0.3) is 0 Å². The zero-order valence-electron chi connectivity index (χ0n) is 14.0. The van der Waals surface area contributed by atoms with Crippen molar-refractivity contribution in [1.82, 2.24) is 0 Å². The molecule has 1 amide bonds. The van der Waals surface area contributed by atoms with Crippen LogP contribution in [-0.4, -0.2) is 18.4 Å². The first-order valence-electron chi connectivity index (χ1n) is 8.20. The first-order chi connectivity index (χ1) is 12.2. The highest BCUT2D eigenvalue weighted by Crippen LogP contribution is 2.35. The monoisotopic (exact) mass is 336 g/mol. The van der Waals surface area contributed by atoms with Gasteiger partial charge in [0.05, 0.1) is 12.2 Å². The van der Waals surface area contributed by atoms with Crippen molar-refractivity contribution in [1.29, 1.82) is 0 Å². The molecule has 2 aromatic carbocycles. The van der Waals surface area contributed by atoms with Crippen molar-refractivity contribution in [2.45, 2.75) is 19.4 Å². The molecule has 1 saturated heterocycles. The Balaban J connectivity index is 1.93. The molecule has 5 heteroatoms. The number of ether oxygens (including phenoxy) is 2. The number of benzene rings is 2. The summed E-state index contributed by atoms with van der Waals surface area (Å²) in [5.74, 6) is 0.111. The predicted molar refractivity (Wildman–Crippen MR) is 95.9 cm³/mol. The molecule has 1 atom stereocenters. The van der Waals surface area contributed by atoms with E-state index in [4.69, 9.17) is 15.2 Å². The number of carbonyl (C=O) groups is 1. The Morgan fingerprint density at radius 3 is 2.44 bits per heavy atom. The molecular weight excluding hydrogens is 316 g/mol. The number of hydrogen-bond acceptors (Lipinski definition) is 4. The molecule has 1 aliphatic heterocycles. The minimum absolute atomic E-state index is 0.230. The van der Waals surface area contributed by atoms with Crippen LogP contribution in [0.1, 0.15) is 35.4 Å². The van der Waals surface area contributed by atoms with Crippen LogP contribution in [0.15, 0.2) is 77.1 Å². The molecule has 1 unspecified atom stereocenters. The molecule has 2 N–H and O–H groups in total. The molecule has 2 aromatic rings. The largest absolute Gasteiger partial charge is 0.479 e. The quantitative estimate of drug-likeness (QED) is 0.866. The molecule has 0 spiro atoms. The summed E-state index contributed by atoms with van der Waals surface area (Å²) in [5, 5.41) is 0. The van der Waals surface area contributed by atoms with Crippen LogP contribution in [0.3, 0.4) is 0 Å². The Morgan fingerprint density at radius 2 is 1.80 bits per heavy atom. The average Bonchev–Trinajstić information content (AvgIpc) is 3.07. The van der Waals surface area contributed by atoms with E-state index >= 15 is 0 Å². The normalized spacial score (nSPS) is 20.2. The molecule has 1 aliphatic rings. The summed E-state index contributed by atoms with van der Waals surface area (Å²) >= 11 is 0. The van der Waals surface area contributed by atoms with Gasteiger partial charge in [0, 0.05) is 12.0 Å². The fourth-order valence-electron chi connectivity index (χ4n) is 2.65. The third kappa shape index (κ3) is 3.88. The maximum absolute atomic E-state index is 12.4. The predicted octanol–water partition coefficient (Wildman–Crippen LogP) is 3.59. The summed E-state index contributed by atoms with van der Waals surface area (Å²) in [6, 6.07) is 18.6. The summed E-state index contributed by atoms with van der Waals surface area (Å²) < 4.78 is 11.3. The molecule has 0 aromatic heterocycles. The second-order valence-corrected chi connectivity index (χ2v) is 5.59. The first kappa shape index (κ1) is 16.8. The van der Waals surface area contributed by atoms with Crippen molar-refractivity contribution >= 4 is 11.8 Å². The molecule has 5 nitrogen and oxygen atoms in total. The molecule has 1 fully saturated rings. The lowest BCUT2D eigenvalue weighted by molar-refractivity contribution is 0.0998. The van der Waals surface area contributed by atoms with Crippen LogP contribution < -0.4 is 5.73 Å². The van der Waals surface area contributed by atoms with Crippen molar-refractivity contribution < 1.29 is 14.3 Å². The Kier molecular flexibility index (Phi) is 5.14. The van der Waals surface area contributed by atoms with E-state index in [1.807, 2.05) is 43.3 Å². The highest BCUT2D eigenvalue weighted by atomic mass is 16.5. The number of nitrogens with two attached hydrogens (primary N) is 1. The van der Waals surface area contributed by atoms with Gasteiger partial charge in [0.25, 0.3) is 5.91 Å². The van der Waals surface area contributed by atoms with E-state index in [1.165, 1.54) is 0 Å². The van der Waals surface area contributed by atoms with Crippen LogP contribution >= 0.6 is 0 Å². The van der Waals surface area contributed by atoms with Crippen molar-refractivity contribution in [3.8, 4) is 0 Å². The second-order valence-electron chi connectivity index (χ2n) is 5.59. The van der Waals surface area contributed by atoms with E-state index in [0.717, 1.165) is 5.56 Å². The van der Waals surface area contributed by atoms with Crippen molar-refractivity contribution in [3.05, 3.63) is 83.2 Å². The second kappa shape index (κ2) is 7.66. The summed E-state index contributed by atoms with van der Waals surface area (Å²) in [6.45, 7) is 2.29. The van der Waals surface area contributed by atoms with Crippen LogP contribution in [0.4, 0.5) is 0 Å². The highest BCUT2D eigenvalue weighted by Gasteiger charge is 2.32. The van der Waals surface area contributed by atoms with Gasteiger partial charge in [-0.05, 0) is 24.6 Å². The van der Waals surface area contributed by atoms with Crippen molar-refractivity contribution in [2.24, 2.45) is 10.7 Å². The lowest BCUT2D eigenvalue weighted by Crippen LogP contribution is -2.12. The Labute approximate surface area is 146 Å². The lowest BCUT2D eigenvalue weighted by Gasteiger charge is -2.09. The zero-order valence-corrected chi connectivity index (χ0v) is 14.0. The van der Waals surface area contributed by atoms with Gasteiger partial charge >= 0.3 is 0 Å². The van der Waals surface area contributed by atoms with Gasteiger partial charge < -0.3 is 15.2 Å². The number of carbonyl (C=O) groups excluding carboxylic acids is 1. The van der Waals surface area contributed by atoms with E-state index in [0.29, 0.717) is 24.2 Å². The number of aliphatic imine (C=N–C) groups is 1. The summed E-state index contributed by atoms with van der Waals surface area (Å²) in [6.07, 6.45) is 0.272. The molecule has 128 valence electrons. The summed E-state index contributed by atoms with van der Waals surface area (Å²) in [7, 11) is 0. The lowest BCUT2D eigenvalue weighted by atomic mass is 10.0. The van der Waals surface area contributed by atoms with Gasteiger partial charge in [0.2, 0.25) is 5.90 Å². The zero-order chi connectivity index (χ0) is 17.6. The SMILES string of the molecule is CCO/C(N)=C1\CC(c2ccccc2)OC1=NC(=O)c1ccccc1. The fraction of sp³-hybridized carbons (Fsp3) is 0.200. The molecule has 0 bridgehead atoms. The molecule has 1 heterocycles. The van der Waals surface area contributed by atoms with E-state index in [-0.39, 0.29) is 23.8 Å². The summed E-state index contributed by atoms with van der Waals surface area (Å²) in [4.78, 5) is 16.5. The van der Waals surface area contributed by atoms with Crippen LogP contribution in [0.2, 0.25) is 0 Å². The minimum atomic E-state index is -0.369. The van der Waals surface area contributed by atoms with Gasteiger partial charge in [-0.25, -0.2) is 0 Å². The average molecular weight is 336 g/mol. The van der Waals surface area contributed by atoms with E-state index < -0.39 is 0 Å². The van der Waals surface area contributed by atoms with Gasteiger partial charge in [-0.3, -0.25) is 4.79 Å². The Morgan fingerprint density at radius 1 is 1.16 bits per heavy atom. The van der Waals surface area contributed by atoms with E-state index in [2.05, 4.69) is 4.99 Å². The molecular formula is C20H20N2O3. The molecule has 0 radical (unpaired) electrons. The number of amides is 1. The van der Waals surface area contributed by atoms with E-state index in [1.54, 1.807) is 24.3 Å². The first-order valence-corrected chi connectivity index (χ1v) is 8.20. The smallest absolute Gasteiger partial charge is 0.280 e. The van der Waals surface area contributed by atoms with Crippen molar-refractivity contribution in [2.75, 3.05) is 6.61 Å². The van der Waals surface area contributed by atoms with Crippen LogP contribution in [0, 0.1) is 0 Å². The van der Waals surface area contributed by atoms with Gasteiger partial charge in [0.15, 0.2) is 5.88 Å². The molecule has 25 heavy (non-hydrogen) atoms. The molecule has 0 aliphatic carbocycles. The summed E-state index contributed by atoms with van der Waals surface area (Å²) in [5.41, 5.74) is 8.14. The number of rotatable bonds is 4. The Bertz CT molecular complexity index is 798. The van der Waals surface area contributed by atoms with Gasteiger partial charge in [-0.1, -0.05) is 48.5 Å². The van der Waals surface area contributed by atoms with Crippen LogP contribution in [0.5, 0.6) is 0 Å². The fourth-order valence-corrected chi connectivity index (χ4v) is 2.65. The van der Waals surface area contributed by atoms with Crippen molar-refractivity contribution in [3.63, 3.8) is 0 Å². The minimum Gasteiger partial charge on any atom is -0.479 e. The topological polar surface area (TPSA) is 73.9 Å². The number of nitrogens with zero attached hydrogens (tertiary/aromatic N) is 1.